The van der Waals surface area contributed by atoms with E-state index >= 15 is 0 Å². The van der Waals surface area contributed by atoms with E-state index in [-0.39, 0.29) is 24.1 Å². The van der Waals surface area contributed by atoms with Crippen LogP contribution >= 0.6 is 11.8 Å². The maximum atomic E-state index is 13.1. The van der Waals surface area contributed by atoms with Gasteiger partial charge in [-0.25, -0.2) is 4.90 Å². The van der Waals surface area contributed by atoms with Crippen LogP contribution in [0.2, 0.25) is 0 Å². The Kier molecular flexibility index (Phi) is 7.12. The number of amides is 3. The van der Waals surface area contributed by atoms with Gasteiger partial charge in [0.1, 0.15) is 17.1 Å². The van der Waals surface area contributed by atoms with Crippen molar-refractivity contribution in [2.45, 2.75) is 30.4 Å². The van der Waals surface area contributed by atoms with E-state index in [9.17, 15) is 14.4 Å². The molecule has 3 aromatic rings. The summed E-state index contributed by atoms with van der Waals surface area (Å²) >= 11 is 1.34. The Bertz CT molecular complexity index is 1250. The van der Waals surface area contributed by atoms with Gasteiger partial charge in [-0.15, -0.1) is 11.8 Å². The van der Waals surface area contributed by atoms with Crippen molar-refractivity contribution in [1.82, 2.24) is 0 Å². The molecule has 1 heterocycles. The van der Waals surface area contributed by atoms with E-state index in [0.29, 0.717) is 28.4 Å². The molecule has 8 heteroatoms. The van der Waals surface area contributed by atoms with Crippen molar-refractivity contribution in [2.24, 2.45) is 0 Å². The predicted molar refractivity (Wildman–Crippen MR) is 137 cm³/mol. The lowest BCUT2D eigenvalue weighted by molar-refractivity contribution is -0.121. The topological polar surface area (TPSA) is 84.9 Å². The molecule has 0 bridgehead atoms. The molecule has 3 aromatic carbocycles. The minimum Gasteiger partial charge on any atom is -0.496 e. The average molecular weight is 491 g/mol. The molecule has 0 spiro atoms. The molecule has 1 fully saturated rings. The van der Waals surface area contributed by atoms with Gasteiger partial charge in [0.2, 0.25) is 11.8 Å². The molecular formula is C27H26N2O5S. The van der Waals surface area contributed by atoms with Crippen LogP contribution < -0.4 is 19.7 Å². The van der Waals surface area contributed by atoms with Gasteiger partial charge in [0.15, 0.2) is 0 Å². The van der Waals surface area contributed by atoms with E-state index in [4.69, 9.17) is 9.47 Å². The van der Waals surface area contributed by atoms with Gasteiger partial charge in [-0.05, 0) is 61.4 Å². The number of thioether (sulfide) groups is 1. The smallest absolute Gasteiger partial charge is 0.263 e. The number of nitrogens with zero attached hydrogens (tertiary/aromatic N) is 1. The minimum absolute atomic E-state index is 0.142. The molecule has 4 rings (SSSR count). The van der Waals surface area contributed by atoms with E-state index in [2.05, 4.69) is 5.32 Å². The number of para-hydroxylation sites is 1. The molecule has 0 aliphatic carbocycles. The Balaban J connectivity index is 1.46. The number of hydrogen-bond donors (Lipinski definition) is 1. The highest BCUT2D eigenvalue weighted by atomic mass is 32.2. The van der Waals surface area contributed by atoms with Crippen LogP contribution in [0.3, 0.4) is 0 Å². The standard InChI is InChI=1S/C27H26N2O5S/c1-16-7-5-8-17(2)25(16)29-23(30)15-22(27(29)32)35-19-13-11-18(12-14-19)28-26(31)24-20(33-3)9-6-10-21(24)34-4/h5-14,22H,15H2,1-4H3,(H,28,31). The molecule has 1 unspecified atom stereocenters. The Morgan fingerprint density at radius 3 is 2.06 bits per heavy atom. The van der Waals surface area contributed by atoms with Crippen LogP contribution in [0, 0.1) is 13.8 Å². The fourth-order valence-corrected chi connectivity index (χ4v) is 5.19. The predicted octanol–water partition coefficient (Wildman–Crippen LogP) is 5.00. The second-order valence-electron chi connectivity index (χ2n) is 8.13. The third kappa shape index (κ3) is 4.88. The van der Waals surface area contributed by atoms with Crippen LogP contribution in [0.25, 0.3) is 0 Å². The molecular weight excluding hydrogens is 464 g/mol. The summed E-state index contributed by atoms with van der Waals surface area (Å²) in [5.74, 6) is 0.0527. The number of benzene rings is 3. The summed E-state index contributed by atoms with van der Waals surface area (Å²) in [7, 11) is 2.99. The molecule has 7 nitrogen and oxygen atoms in total. The highest BCUT2D eigenvalue weighted by Gasteiger charge is 2.41. The average Bonchev–Trinajstić information content (AvgIpc) is 3.12. The summed E-state index contributed by atoms with van der Waals surface area (Å²) in [4.78, 5) is 40.9. The van der Waals surface area contributed by atoms with Gasteiger partial charge in [0.05, 0.1) is 25.2 Å². The van der Waals surface area contributed by atoms with Crippen LogP contribution in [-0.2, 0) is 9.59 Å². The molecule has 0 aromatic heterocycles. The van der Waals surface area contributed by atoms with Gasteiger partial charge in [-0.1, -0.05) is 24.3 Å². The summed E-state index contributed by atoms with van der Waals surface area (Å²) in [6.07, 6.45) is 0.142. The highest BCUT2D eigenvalue weighted by molar-refractivity contribution is 8.00. The molecule has 35 heavy (non-hydrogen) atoms. The number of aryl methyl sites for hydroxylation is 2. The monoisotopic (exact) mass is 490 g/mol. The zero-order valence-electron chi connectivity index (χ0n) is 20.0. The molecule has 1 N–H and O–H groups in total. The van der Waals surface area contributed by atoms with E-state index < -0.39 is 5.25 Å². The number of anilines is 2. The Morgan fingerprint density at radius 1 is 0.914 bits per heavy atom. The lowest BCUT2D eigenvalue weighted by Crippen LogP contribution is -2.32. The normalized spacial score (nSPS) is 15.3. The summed E-state index contributed by atoms with van der Waals surface area (Å²) < 4.78 is 10.6. The lowest BCUT2D eigenvalue weighted by atomic mass is 10.1. The van der Waals surface area contributed by atoms with Crippen molar-refractivity contribution in [1.29, 1.82) is 0 Å². The first-order valence-corrected chi connectivity index (χ1v) is 11.9. The summed E-state index contributed by atoms with van der Waals surface area (Å²) in [5, 5.41) is 2.35. The van der Waals surface area contributed by atoms with Crippen molar-refractivity contribution < 1.29 is 23.9 Å². The van der Waals surface area contributed by atoms with Crippen molar-refractivity contribution in [2.75, 3.05) is 24.4 Å². The largest absolute Gasteiger partial charge is 0.496 e. The van der Waals surface area contributed by atoms with Gasteiger partial charge in [0, 0.05) is 17.0 Å². The van der Waals surface area contributed by atoms with Crippen molar-refractivity contribution in [3.05, 3.63) is 77.4 Å². The molecule has 1 atom stereocenters. The SMILES string of the molecule is COc1cccc(OC)c1C(=O)Nc1ccc(SC2CC(=O)N(c3c(C)cccc3C)C2=O)cc1. The fraction of sp³-hybridized carbons (Fsp3) is 0.222. The number of methoxy groups -OCH3 is 2. The Hall–Kier alpha value is -3.78. The van der Waals surface area contributed by atoms with Crippen LogP contribution in [-0.4, -0.2) is 37.2 Å². The van der Waals surface area contributed by atoms with Gasteiger partial charge >= 0.3 is 0 Å². The second kappa shape index (κ2) is 10.2. The van der Waals surface area contributed by atoms with E-state index in [1.807, 2.05) is 44.2 Å². The third-order valence-electron chi connectivity index (χ3n) is 5.81. The number of rotatable bonds is 7. The van der Waals surface area contributed by atoms with Gasteiger partial charge < -0.3 is 14.8 Å². The molecule has 1 saturated heterocycles. The number of carbonyl (C=O) groups excluding carboxylic acids is 3. The van der Waals surface area contributed by atoms with Crippen LogP contribution in [0.1, 0.15) is 27.9 Å². The first-order valence-electron chi connectivity index (χ1n) is 11.1. The van der Waals surface area contributed by atoms with Crippen LogP contribution in [0.4, 0.5) is 11.4 Å². The molecule has 0 radical (unpaired) electrons. The molecule has 0 saturated carbocycles. The van der Waals surface area contributed by atoms with Gasteiger partial charge in [-0.2, -0.15) is 0 Å². The highest BCUT2D eigenvalue weighted by Crippen LogP contribution is 2.37. The number of carbonyl (C=O) groups is 3. The summed E-state index contributed by atoms with van der Waals surface area (Å²) in [6.45, 7) is 3.80. The fourth-order valence-electron chi connectivity index (χ4n) is 4.14. The van der Waals surface area contributed by atoms with Crippen molar-refractivity contribution >= 4 is 40.9 Å². The minimum atomic E-state index is -0.500. The summed E-state index contributed by atoms with van der Waals surface area (Å²) in [6, 6.07) is 18.0. The molecule has 180 valence electrons. The first-order chi connectivity index (χ1) is 16.8. The number of hydrogen-bond acceptors (Lipinski definition) is 6. The maximum Gasteiger partial charge on any atom is 0.263 e. The number of imide groups is 1. The Morgan fingerprint density at radius 2 is 1.49 bits per heavy atom. The number of ether oxygens (including phenoxy) is 2. The molecule has 1 aliphatic heterocycles. The lowest BCUT2D eigenvalue weighted by Gasteiger charge is -2.19. The zero-order chi connectivity index (χ0) is 25.1. The van der Waals surface area contributed by atoms with E-state index in [0.717, 1.165) is 16.0 Å². The van der Waals surface area contributed by atoms with Crippen molar-refractivity contribution in [3.8, 4) is 11.5 Å². The first kappa shape index (κ1) is 24.3. The third-order valence-corrected chi connectivity index (χ3v) is 7.01. The van der Waals surface area contributed by atoms with E-state index in [1.165, 1.54) is 30.9 Å². The van der Waals surface area contributed by atoms with Gasteiger partial charge in [-0.3, -0.25) is 14.4 Å². The zero-order valence-corrected chi connectivity index (χ0v) is 20.8. The van der Waals surface area contributed by atoms with Crippen LogP contribution in [0.5, 0.6) is 11.5 Å². The molecule has 1 aliphatic rings. The summed E-state index contributed by atoms with van der Waals surface area (Å²) in [5.41, 5.74) is 3.35. The van der Waals surface area contributed by atoms with E-state index in [1.54, 1.807) is 30.3 Å². The quantitative estimate of drug-likeness (QED) is 0.470. The molecule has 3 amide bonds. The number of nitrogens with one attached hydrogen (secondary N) is 1. The van der Waals surface area contributed by atoms with Crippen LogP contribution in [0.15, 0.2) is 65.6 Å². The second-order valence-corrected chi connectivity index (χ2v) is 9.41. The van der Waals surface area contributed by atoms with Gasteiger partial charge in [0.25, 0.3) is 5.91 Å². The van der Waals surface area contributed by atoms with Crippen molar-refractivity contribution in [3.63, 3.8) is 0 Å². The maximum absolute atomic E-state index is 13.1. The Labute approximate surface area is 208 Å².